The number of anilines is 1. The summed E-state index contributed by atoms with van der Waals surface area (Å²) in [7, 11) is 0. The predicted molar refractivity (Wildman–Crippen MR) is 66.4 cm³/mol. The maximum absolute atomic E-state index is 11.6. The maximum atomic E-state index is 11.6. The van der Waals surface area contributed by atoms with Gasteiger partial charge in [-0.05, 0) is 17.1 Å². The topological polar surface area (TPSA) is 103 Å². The Balaban J connectivity index is 1.84. The Labute approximate surface area is 108 Å². The third-order valence-corrected chi connectivity index (χ3v) is 2.35. The molecule has 0 spiro atoms. The Kier molecular flexibility index (Phi) is 3.81. The Morgan fingerprint density at radius 1 is 1.37 bits per heavy atom. The van der Waals surface area contributed by atoms with Gasteiger partial charge in [-0.2, -0.15) is 4.68 Å². The first-order valence-electron chi connectivity index (χ1n) is 5.53. The van der Waals surface area contributed by atoms with Gasteiger partial charge in [0.25, 0.3) is 0 Å². The van der Waals surface area contributed by atoms with Crippen molar-refractivity contribution in [1.29, 1.82) is 0 Å². The maximum Gasteiger partial charge on any atom is 0.389 e. The standard InChI is InChI=1S/C11H11N5O3/c17-11(13-9-1-5-12-6-2-9)4-8-15-7-3-10(14-15)16(18)19/h1-3,5-7H,4,8H2,(H,12,13,17). The van der Waals surface area contributed by atoms with E-state index in [1.165, 1.54) is 16.9 Å². The second kappa shape index (κ2) is 5.71. The summed E-state index contributed by atoms with van der Waals surface area (Å²) in [5, 5.41) is 16.8. The van der Waals surface area contributed by atoms with E-state index in [-0.39, 0.29) is 24.7 Å². The molecule has 0 radical (unpaired) electrons. The average Bonchev–Trinajstić information content (AvgIpc) is 2.86. The number of hydrogen-bond donors (Lipinski definition) is 1. The lowest BCUT2D eigenvalue weighted by atomic mass is 10.3. The first-order chi connectivity index (χ1) is 9.15. The minimum Gasteiger partial charge on any atom is -0.358 e. The molecule has 0 aliphatic rings. The van der Waals surface area contributed by atoms with E-state index in [0.29, 0.717) is 5.69 Å². The molecule has 0 fully saturated rings. The van der Waals surface area contributed by atoms with Gasteiger partial charge in [-0.15, -0.1) is 0 Å². The number of nitrogens with zero attached hydrogens (tertiary/aromatic N) is 4. The molecular formula is C11H11N5O3. The zero-order valence-corrected chi connectivity index (χ0v) is 9.89. The number of aryl methyl sites for hydroxylation is 1. The Bertz CT molecular complexity index is 581. The first kappa shape index (κ1) is 12.7. The van der Waals surface area contributed by atoms with Crippen LogP contribution in [0.3, 0.4) is 0 Å². The fraction of sp³-hybridized carbons (Fsp3) is 0.182. The molecule has 0 unspecified atom stereocenters. The average molecular weight is 261 g/mol. The highest BCUT2D eigenvalue weighted by Crippen LogP contribution is 2.07. The Morgan fingerprint density at radius 2 is 2.11 bits per heavy atom. The smallest absolute Gasteiger partial charge is 0.358 e. The first-order valence-corrected chi connectivity index (χ1v) is 5.53. The van der Waals surface area contributed by atoms with Gasteiger partial charge in [-0.3, -0.25) is 9.78 Å². The van der Waals surface area contributed by atoms with Gasteiger partial charge < -0.3 is 15.4 Å². The molecule has 0 aromatic carbocycles. The summed E-state index contributed by atoms with van der Waals surface area (Å²) in [6.45, 7) is 0.282. The van der Waals surface area contributed by atoms with Gasteiger partial charge >= 0.3 is 5.82 Å². The van der Waals surface area contributed by atoms with Gasteiger partial charge in [0.1, 0.15) is 0 Å². The second-order valence-electron chi connectivity index (χ2n) is 3.73. The van der Waals surface area contributed by atoms with Crippen molar-refractivity contribution in [3.8, 4) is 0 Å². The van der Waals surface area contributed by atoms with E-state index < -0.39 is 4.92 Å². The number of nitro groups is 1. The van der Waals surface area contributed by atoms with Crippen LogP contribution in [-0.2, 0) is 11.3 Å². The number of nitrogens with one attached hydrogen (secondary N) is 1. The van der Waals surface area contributed by atoms with Crippen LogP contribution in [0.5, 0.6) is 0 Å². The number of rotatable bonds is 5. The molecule has 0 bridgehead atoms. The summed E-state index contributed by atoms with van der Waals surface area (Å²) >= 11 is 0. The van der Waals surface area contributed by atoms with E-state index in [1.807, 2.05) is 0 Å². The number of aromatic nitrogens is 3. The third kappa shape index (κ3) is 3.60. The Morgan fingerprint density at radius 3 is 2.74 bits per heavy atom. The zero-order chi connectivity index (χ0) is 13.7. The van der Waals surface area contributed by atoms with Crippen LogP contribution in [0.25, 0.3) is 0 Å². The molecule has 2 aromatic rings. The Hall–Kier alpha value is -2.77. The van der Waals surface area contributed by atoms with Crippen LogP contribution in [0.1, 0.15) is 6.42 Å². The van der Waals surface area contributed by atoms with Crippen molar-refractivity contribution >= 4 is 17.4 Å². The van der Waals surface area contributed by atoms with Crippen LogP contribution in [-0.4, -0.2) is 25.6 Å². The molecule has 1 amide bonds. The molecule has 8 nitrogen and oxygen atoms in total. The molecule has 0 atom stereocenters. The van der Waals surface area contributed by atoms with E-state index >= 15 is 0 Å². The van der Waals surface area contributed by atoms with E-state index in [9.17, 15) is 14.9 Å². The van der Waals surface area contributed by atoms with Crippen molar-refractivity contribution in [3.63, 3.8) is 0 Å². The van der Waals surface area contributed by atoms with Gasteiger partial charge in [0.05, 0.1) is 23.9 Å². The molecule has 2 aromatic heterocycles. The van der Waals surface area contributed by atoms with Crippen molar-refractivity contribution in [3.05, 3.63) is 46.9 Å². The molecule has 0 saturated heterocycles. The van der Waals surface area contributed by atoms with Crippen LogP contribution in [0.2, 0.25) is 0 Å². The SMILES string of the molecule is O=C(CCn1ccc([N+](=O)[O-])n1)Nc1ccncc1. The normalized spacial score (nSPS) is 10.1. The van der Waals surface area contributed by atoms with Gasteiger partial charge in [-0.25, -0.2) is 0 Å². The highest BCUT2D eigenvalue weighted by atomic mass is 16.6. The quantitative estimate of drug-likeness (QED) is 0.643. The predicted octanol–water partition coefficient (Wildman–Crippen LogP) is 1.22. The summed E-state index contributed by atoms with van der Waals surface area (Å²) in [6.07, 6.45) is 4.80. The van der Waals surface area contributed by atoms with E-state index in [4.69, 9.17) is 0 Å². The van der Waals surface area contributed by atoms with Gasteiger partial charge in [0, 0.05) is 24.5 Å². The lowest BCUT2D eigenvalue weighted by molar-refractivity contribution is -0.389. The van der Waals surface area contributed by atoms with Crippen LogP contribution in [0, 0.1) is 10.1 Å². The summed E-state index contributed by atoms with van der Waals surface area (Å²) in [4.78, 5) is 25.3. The van der Waals surface area contributed by atoms with Crippen molar-refractivity contribution in [1.82, 2.24) is 14.8 Å². The monoisotopic (exact) mass is 261 g/mol. The van der Waals surface area contributed by atoms with E-state index in [2.05, 4.69) is 15.4 Å². The summed E-state index contributed by atoms with van der Waals surface area (Å²) in [6, 6.07) is 4.65. The van der Waals surface area contributed by atoms with Crippen LogP contribution in [0.15, 0.2) is 36.8 Å². The van der Waals surface area contributed by atoms with Gasteiger partial charge in [0.15, 0.2) is 0 Å². The molecule has 0 aliphatic heterocycles. The largest absolute Gasteiger partial charge is 0.389 e. The van der Waals surface area contributed by atoms with E-state index in [1.54, 1.807) is 24.5 Å². The fourth-order valence-corrected chi connectivity index (χ4v) is 1.45. The number of amides is 1. The van der Waals surface area contributed by atoms with Crippen LogP contribution >= 0.6 is 0 Å². The lowest BCUT2D eigenvalue weighted by Crippen LogP contribution is -2.14. The molecule has 98 valence electrons. The highest BCUT2D eigenvalue weighted by Gasteiger charge is 2.11. The summed E-state index contributed by atoms with van der Waals surface area (Å²) in [5.74, 6) is -0.418. The third-order valence-electron chi connectivity index (χ3n) is 2.35. The molecule has 2 rings (SSSR count). The minimum atomic E-state index is -0.576. The molecular weight excluding hydrogens is 250 g/mol. The number of carbonyl (C=O) groups is 1. The highest BCUT2D eigenvalue weighted by molar-refractivity contribution is 5.90. The number of hydrogen-bond acceptors (Lipinski definition) is 5. The van der Waals surface area contributed by atoms with Gasteiger partial charge in [-0.1, -0.05) is 0 Å². The molecule has 0 aliphatic carbocycles. The lowest BCUT2D eigenvalue weighted by Gasteiger charge is -2.03. The second-order valence-corrected chi connectivity index (χ2v) is 3.73. The van der Waals surface area contributed by atoms with Gasteiger partial charge in [0.2, 0.25) is 5.91 Å². The fourth-order valence-electron chi connectivity index (χ4n) is 1.45. The van der Waals surface area contributed by atoms with Crippen molar-refractivity contribution in [2.45, 2.75) is 13.0 Å². The molecule has 8 heteroatoms. The van der Waals surface area contributed by atoms with E-state index in [0.717, 1.165) is 0 Å². The molecule has 19 heavy (non-hydrogen) atoms. The number of carbonyl (C=O) groups excluding carboxylic acids is 1. The zero-order valence-electron chi connectivity index (χ0n) is 9.89. The van der Waals surface area contributed by atoms with Crippen molar-refractivity contribution in [2.24, 2.45) is 0 Å². The van der Waals surface area contributed by atoms with Crippen molar-refractivity contribution < 1.29 is 9.72 Å². The summed E-state index contributed by atoms with van der Waals surface area (Å²) < 4.78 is 1.37. The van der Waals surface area contributed by atoms with Crippen molar-refractivity contribution in [2.75, 3.05) is 5.32 Å². The van der Waals surface area contributed by atoms with Crippen LogP contribution < -0.4 is 5.32 Å². The minimum absolute atomic E-state index is 0.182. The molecule has 0 saturated carbocycles. The number of pyridine rings is 1. The summed E-state index contributed by atoms with van der Waals surface area (Å²) in [5.41, 5.74) is 0.659. The van der Waals surface area contributed by atoms with Crippen LogP contribution in [0.4, 0.5) is 11.5 Å². The molecule has 2 heterocycles. The molecule has 1 N–H and O–H groups in total.